The molecule has 1 nitrogen and oxygen atoms in total. The van der Waals surface area contributed by atoms with E-state index in [4.69, 9.17) is 0 Å². The second-order valence-corrected chi connectivity index (χ2v) is 12.2. The van der Waals surface area contributed by atoms with Gasteiger partial charge >= 0.3 is 6.18 Å². The van der Waals surface area contributed by atoms with Gasteiger partial charge in [0.25, 0.3) is 0 Å². The number of rotatable bonds is 4. The van der Waals surface area contributed by atoms with Crippen molar-refractivity contribution >= 4 is 0 Å². The van der Waals surface area contributed by atoms with Gasteiger partial charge in [-0.1, -0.05) is 53.2 Å². The molecular weight excluding hydrogens is 421 g/mol. The van der Waals surface area contributed by atoms with E-state index in [2.05, 4.69) is 26.8 Å². The van der Waals surface area contributed by atoms with Crippen molar-refractivity contribution in [2.24, 2.45) is 46.3 Å². The van der Waals surface area contributed by atoms with Gasteiger partial charge in [-0.3, -0.25) is 0 Å². The van der Waals surface area contributed by atoms with Crippen LogP contribution in [0.3, 0.4) is 0 Å². The second kappa shape index (κ2) is 10.2. The summed E-state index contributed by atoms with van der Waals surface area (Å²) in [4.78, 5) is 0. The SMILES string of the molecule is CC.CC(CC[C@@H](C)C1CCC2C3CC=C4CCC(O)CCC4(C)C3CCC21C)C(F)(F)F. The highest BCUT2D eigenvalue weighted by Crippen LogP contribution is 2.67. The molecule has 33 heavy (non-hydrogen) atoms. The zero-order chi connectivity index (χ0) is 24.6. The molecular formula is C29H49F3O. The van der Waals surface area contributed by atoms with Crippen molar-refractivity contribution in [3.63, 3.8) is 0 Å². The van der Waals surface area contributed by atoms with Crippen molar-refractivity contribution in [2.45, 2.75) is 124 Å². The number of hydrogen-bond acceptors (Lipinski definition) is 1. The normalized spacial score (nSPS) is 42.5. The molecule has 0 radical (unpaired) electrons. The Morgan fingerprint density at radius 2 is 1.67 bits per heavy atom. The molecule has 4 rings (SSSR count). The Balaban J connectivity index is 0.00000149. The second-order valence-electron chi connectivity index (χ2n) is 12.2. The fourth-order valence-corrected chi connectivity index (χ4v) is 8.68. The van der Waals surface area contributed by atoms with Gasteiger partial charge in [0.2, 0.25) is 0 Å². The minimum atomic E-state index is -4.06. The van der Waals surface area contributed by atoms with Gasteiger partial charge in [0, 0.05) is 0 Å². The van der Waals surface area contributed by atoms with Gasteiger partial charge in [-0.2, -0.15) is 13.2 Å². The Labute approximate surface area is 201 Å². The molecule has 3 saturated carbocycles. The lowest BCUT2D eigenvalue weighted by atomic mass is 9.48. The van der Waals surface area contributed by atoms with E-state index in [1.807, 2.05) is 13.8 Å². The van der Waals surface area contributed by atoms with Crippen molar-refractivity contribution in [1.29, 1.82) is 0 Å². The first-order valence-electron chi connectivity index (χ1n) is 13.9. The Bertz CT molecular complexity index is 685. The average Bonchev–Trinajstić information content (AvgIpc) is 3.05. The van der Waals surface area contributed by atoms with Crippen LogP contribution < -0.4 is 0 Å². The van der Waals surface area contributed by atoms with Crippen molar-refractivity contribution < 1.29 is 18.3 Å². The molecule has 8 unspecified atom stereocenters. The molecule has 0 heterocycles. The molecule has 4 aliphatic carbocycles. The van der Waals surface area contributed by atoms with Crippen LogP contribution in [0, 0.1) is 46.3 Å². The summed E-state index contributed by atoms with van der Waals surface area (Å²) in [6.45, 7) is 12.5. The van der Waals surface area contributed by atoms with Crippen LogP contribution in [0.4, 0.5) is 13.2 Å². The third-order valence-electron chi connectivity index (χ3n) is 10.7. The number of halogens is 3. The van der Waals surface area contributed by atoms with E-state index in [0.717, 1.165) is 31.6 Å². The lowest BCUT2D eigenvalue weighted by Gasteiger charge is -2.57. The summed E-state index contributed by atoms with van der Waals surface area (Å²) in [5.41, 5.74) is 2.14. The maximum atomic E-state index is 13.0. The first kappa shape index (κ1) is 27.1. The van der Waals surface area contributed by atoms with Crippen molar-refractivity contribution in [1.82, 2.24) is 0 Å². The highest BCUT2D eigenvalue weighted by atomic mass is 19.4. The Morgan fingerprint density at radius 1 is 0.970 bits per heavy atom. The molecule has 0 bridgehead atoms. The van der Waals surface area contributed by atoms with E-state index >= 15 is 0 Å². The first-order chi connectivity index (χ1) is 15.5. The quantitative estimate of drug-likeness (QED) is 0.407. The van der Waals surface area contributed by atoms with Gasteiger partial charge in [-0.15, -0.1) is 0 Å². The lowest BCUT2D eigenvalue weighted by Crippen LogP contribution is -2.49. The van der Waals surface area contributed by atoms with Gasteiger partial charge in [0.1, 0.15) is 0 Å². The van der Waals surface area contributed by atoms with Crippen molar-refractivity contribution in [3.8, 4) is 0 Å². The van der Waals surface area contributed by atoms with Gasteiger partial charge in [-0.05, 0) is 111 Å². The van der Waals surface area contributed by atoms with Crippen molar-refractivity contribution in [3.05, 3.63) is 11.6 Å². The molecule has 4 aliphatic rings. The van der Waals surface area contributed by atoms with E-state index in [1.54, 1.807) is 5.57 Å². The number of alkyl halides is 3. The van der Waals surface area contributed by atoms with Gasteiger partial charge in [-0.25, -0.2) is 0 Å². The molecule has 0 aliphatic heterocycles. The van der Waals surface area contributed by atoms with Gasteiger partial charge in [0.05, 0.1) is 12.0 Å². The number of aliphatic hydroxyl groups excluding tert-OH is 1. The Morgan fingerprint density at radius 3 is 2.33 bits per heavy atom. The summed E-state index contributed by atoms with van der Waals surface area (Å²) in [6.07, 6.45) is 9.40. The summed E-state index contributed by atoms with van der Waals surface area (Å²) in [7, 11) is 0. The summed E-state index contributed by atoms with van der Waals surface area (Å²) in [5, 5.41) is 10.3. The highest BCUT2D eigenvalue weighted by Gasteiger charge is 2.58. The molecule has 3 fully saturated rings. The molecule has 0 aromatic carbocycles. The van der Waals surface area contributed by atoms with Crippen molar-refractivity contribution in [2.75, 3.05) is 0 Å². The predicted octanol–water partition coefficient (Wildman–Crippen LogP) is 8.96. The average molecular weight is 471 g/mol. The molecule has 4 heteroatoms. The molecule has 0 aromatic rings. The van der Waals surface area contributed by atoms with Crippen LogP contribution >= 0.6 is 0 Å². The van der Waals surface area contributed by atoms with Crippen LogP contribution in [0.15, 0.2) is 11.6 Å². The fourth-order valence-electron chi connectivity index (χ4n) is 8.68. The van der Waals surface area contributed by atoms with Gasteiger partial charge in [0.15, 0.2) is 0 Å². The molecule has 0 aromatic heterocycles. The topological polar surface area (TPSA) is 20.2 Å². The maximum Gasteiger partial charge on any atom is 0.391 e. The maximum absolute atomic E-state index is 13.0. The minimum absolute atomic E-state index is 0.147. The number of fused-ring (bicyclic) bond motifs is 5. The number of hydrogen-bond donors (Lipinski definition) is 1. The zero-order valence-corrected chi connectivity index (χ0v) is 22.0. The third kappa shape index (κ3) is 5.07. The van der Waals surface area contributed by atoms with E-state index < -0.39 is 12.1 Å². The highest BCUT2D eigenvalue weighted by molar-refractivity contribution is 5.24. The van der Waals surface area contributed by atoms with Crippen LogP contribution in [0.25, 0.3) is 0 Å². The monoisotopic (exact) mass is 470 g/mol. The van der Waals surface area contributed by atoms with Crippen LogP contribution in [0.1, 0.15) is 112 Å². The molecule has 9 atom stereocenters. The summed E-state index contributed by atoms with van der Waals surface area (Å²) >= 11 is 0. The van der Waals surface area contributed by atoms with Crippen LogP contribution in [-0.4, -0.2) is 17.4 Å². The van der Waals surface area contributed by atoms with E-state index in [1.165, 1.54) is 39.0 Å². The Kier molecular flexibility index (Phi) is 8.40. The van der Waals surface area contributed by atoms with E-state index in [9.17, 15) is 18.3 Å². The largest absolute Gasteiger partial charge is 0.393 e. The van der Waals surface area contributed by atoms with Crippen LogP contribution in [0.2, 0.25) is 0 Å². The first-order valence-corrected chi connectivity index (χ1v) is 13.9. The lowest BCUT2D eigenvalue weighted by molar-refractivity contribution is -0.172. The standard InChI is InChI=1S/C27H43F3O.C2H6/c1-17(5-6-18(2)27(28,29)30)22-11-12-23-21-10-8-19-7-9-20(31)13-15-25(19,3)24(21)14-16-26(22,23)4;1-2/h8,17-18,20-24,31H,5-7,9-16H2,1-4H3;1-2H3/t17-,18?,20?,21?,22?,23?,24?,25?,26?;/m1./s1. The zero-order valence-electron chi connectivity index (χ0n) is 22.0. The van der Waals surface area contributed by atoms with Gasteiger partial charge < -0.3 is 5.11 Å². The number of aliphatic hydroxyl groups is 1. The molecule has 1 N–H and O–H groups in total. The van der Waals surface area contributed by atoms with E-state index in [-0.39, 0.29) is 23.4 Å². The Hall–Kier alpha value is -0.510. The number of allylic oxidation sites excluding steroid dienone is 2. The summed E-state index contributed by atoms with van der Waals surface area (Å²) in [6, 6.07) is 0. The molecule has 0 saturated heterocycles. The van der Waals surface area contributed by atoms with Crippen LogP contribution in [-0.2, 0) is 0 Å². The van der Waals surface area contributed by atoms with Crippen LogP contribution in [0.5, 0.6) is 0 Å². The molecule has 0 amide bonds. The smallest absolute Gasteiger partial charge is 0.391 e. The molecule has 192 valence electrons. The summed E-state index contributed by atoms with van der Waals surface area (Å²) < 4.78 is 39.0. The van der Waals surface area contributed by atoms with E-state index in [0.29, 0.717) is 30.1 Å². The molecule has 0 spiro atoms. The minimum Gasteiger partial charge on any atom is -0.393 e. The third-order valence-corrected chi connectivity index (χ3v) is 10.7. The predicted molar refractivity (Wildman–Crippen MR) is 131 cm³/mol. The fraction of sp³-hybridized carbons (Fsp3) is 0.931. The summed E-state index contributed by atoms with van der Waals surface area (Å²) in [5.74, 6) is 1.89.